The molecular weight excluding hydrogens is 222 g/mol. The molecule has 1 aliphatic rings. The highest BCUT2D eigenvalue weighted by Crippen LogP contribution is 2.21. The number of hydrogen-bond donors (Lipinski definition) is 1. The van der Waals surface area contributed by atoms with Crippen LogP contribution < -0.4 is 5.32 Å². The maximum Gasteiger partial charge on any atom is 0.106 e. The summed E-state index contributed by atoms with van der Waals surface area (Å²) in [5.74, 6) is 0. The van der Waals surface area contributed by atoms with E-state index in [9.17, 15) is 0 Å². The lowest BCUT2D eigenvalue weighted by molar-refractivity contribution is -0.0160. The van der Waals surface area contributed by atoms with Crippen LogP contribution in [0.2, 0.25) is 0 Å². The van der Waals surface area contributed by atoms with Crippen LogP contribution in [0, 0.1) is 0 Å². The van der Waals surface area contributed by atoms with Crippen molar-refractivity contribution in [3.05, 3.63) is 0 Å². The van der Waals surface area contributed by atoms with Crippen LogP contribution in [0.15, 0.2) is 0 Å². The zero-order chi connectivity index (χ0) is 12.4. The highest BCUT2D eigenvalue weighted by molar-refractivity contribution is 4.86. The molecule has 1 rings (SSSR count). The third kappa shape index (κ3) is 5.79. The van der Waals surface area contributed by atoms with Crippen molar-refractivity contribution >= 4 is 0 Å². The molecule has 0 saturated carbocycles. The van der Waals surface area contributed by atoms with E-state index in [1.165, 1.54) is 0 Å². The van der Waals surface area contributed by atoms with Gasteiger partial charge >= 0.3 is 0 Å². The van der Waals surface area contributed by atoms with Crippen molar-refractivity contribution in [2.75, 3.05) is 60.3 Å². The number of nitrogens with one attached hydrogen (secondary N) is 1. The Bertz CT molecular complexity index is 183. The fourth-order valence-electron chi connectivity index (χ4n) is 1.82. The summed E-state index contributed by atoms with van der Waals surface area (Å²) >= 11 is 0. The fourth-order valence-corrected chi connectivity index (χ4v) is 1.82. The summed E-state index contributed by atoms with van der Waals surface area (Å²) in [5, 5.41) is 3.39. The lowest BCUT2D eigenvalue weighted by atomic mass is 10.0. The summed E-state index contributed by atoms with van der Waals surface area (Å²) in [7, 11) is 3.43. The third-order valence-electron chi connectivity index (χ3n) is 3.02. The van der Waals surface area contributed by atoms with Gasteiger partial charge in [0.15, 0.2) is 0 Å². The molecule has 1 saturated heterocycles. The largest absolute Gasteiger partial charge is 0.382 e. The minimum Gasteiger partial charge on any atom is -0.382 e. The average molecular weight is 247 g/mol. The van der Waals surface area contributed by atoms with E-state index in [1.807, 2.05) is 0 Å². The molecule has 17 heavy (non-hydrogen) atoms. The van der Waals surface area contributed by atoms with Crippen LogP contribution in [0.25, 0.3) is 0 Å². The van der Waals surface area contributed by atoms with E-state index < -0.39 is 0 Å². The van der Waals surface area contributed by atoms with Gasteiger partial charge in [0.2, 0.25) is 0 Å². The quantitative estimate of drug-likeness (QED) is 0.568. The smallest absolute Gasteiger partial charge is 0.106 e. The molecule has 1 aliphatic heterocycles. The number of hydrogen-bond acceptors (Lipinski definition) is 5. The first-order chi connectivity index (χ1) is 8.33. The molecule has 5 heteroatoms. The molecule has 0 spiro atoms. The molecule has 0 aromatic rings. The Morgan fingerprint density at radius 2 is 2.12 bits per heavy atom. The van der Waals surface area contributed by atoms with E-state index in [0.29, 0.717) is 19.8 Å². The second-order valence-corrected chi connectivity index (χ2v) is 4.33. The predicted octanol–water partition coefficient (Wildman–Crippen LogP) is 0.435. The lowest BCUT2D eigenvalue weighted by Crippen LogP contribution is -2.43. The van der Waals surface area contributed by atoms with Crippen LogP contribution >= 0.6 is 0 Å². The molecule has 1 atom stereocenters. The Morgan fingerprint density at radius 1 is 1.24 bits per heavy atom. The van der Waals surface area contributed by atoms with Crippen molar-refractivity contribution in [1.29, 1.82) is 0 Å². The fraction of sp³-hybridized carbons (Fsp3) is 1.00. The zero-order valence-electron chi connectivity index (χ0n) is 11.0. The molecule has 0 bridgehead atoms. The Balaban J connectivity index is 1.92. The molecule has 1 N–H and O–H groups in total. The third-order valence-corrected chi connectivity index (χ3v) is 3.02. The first-order valence-corrected chi connectivity index (χ1v) is 6.23. The van der Waals surface area contributed by atoms with Gasteiger partial charge in [0.05, 0.1) is 19.8 Å². The van der Waals surface area contributed by atoms with Gasteiger partial charge in [0.1, 0.15) is 5.60 Å². The van der Waals surface area contributed by atoms with E-state index in [-0.39, 0.29) is 5.60 Å². The van der Waals surface area contributed by atoms with E-state index in [1.54, 1.807) is 14.2 Å². The molecule has 1 heterocycles. The predicted molar refractivity (Wildman–Crippen MR) is 65.4 cm³/mol. The Morgan fingerprint density at radius 3 is 2.76 bits per heavy atom. The highest BCUT2D eigenvalue weighted by Gasteiger charge is 2.34. The Kier molecular flexibility index (Phi) is 7.72. The monoisotopic (exact) mass is 247 g/mol. The number of ether oxygens (including phenoxy) is 4. The molecule has 0 aromatic heterocycles. The van der Waals surface area contributed by atoms with E-state index >= 15 is 0 Å². The molecule has 0 amide bonds. The molecule has 1 fully saturated rings. The maximum atomic E-state index is 5.52. The summed E-state index contributed by atoms with van der Waals surface area (Å²) < 4.78 is 21.2. The Labute approximate surface area is 104 Å². The van der Waals surface area contributed by atoms with Crippen LogP contribution in [0.3, 0.4) is 0 Å². The molecule has 0 aromatic carbocycles. The highest BCUT2D eigenvalue weighted by atomic mass is 16.5. The van der Waals surface area contributed by atoms with Crippen molar-refractivity contribution in [1.82, 2.24) is 5.32 Å². The number of methoxy groups -OCH3 is 2. The van der Waals surface area contributed by atoms with Crippen molar-refractivity contribution in [2.45, 2.75) is 18.4 Å². The van der Waals surface area contributed by atoms with E-state index in [2.05, 4.69) is 5.32 Å². The maximum absolute atomic E-state index is 5.52. The van der Waals surface area contributed by atoms with Gasteiger partial charge in [-0.3, -0.25) is 0 Å². The van der Waals surface area contributed by atoms with Crippen molar-refractivity contribution in [3.63, 3.8) is 0 Å². The standard InChI is InChI=1S/C12H25NO4/c1-14-8-9-16-6-3-5-13-10-12(15-2)4-7-17-11-12/h13H,3-11H2,1-2H3. The van der Waals surface area contributed by atoms with Crippen LogP contribution in [-0.2, 0) is 18.9 Å². The zero-order valence-corrected chi connectivity index (χ0v) is 11.0. The summed E-state index contributed by atoms with van der Waals surface area (Å²) in [6.07, 6.45) is 1.98. The van der Waals surface area contributed by atoms with Gasteiger partial charge in [0.25, 0.3) is 0 Å². The molecule has 102 valence electrons. The van der Waals surface area contributed by atoms with Crippen molar-refractivity contribution in [3.8, 4) is 0 Å². The second kappa shape index (κ2) is 8.83. The van der Waals surface area contributed by atoms with Crippen molar-refractivity contribution in [2.24, 2.45) is 0 Å². The summed E-state index contributed by atoms with van der Waals surface area (Å²) in [4.78, 5) is 0. The lowest BCUT2D eigenvalue weighted by Gasteiger charge is -2.26. The summed E-state index contributed by atoms with van der Waals surface area (Å²) in [6, 6.07) is 0. The van der Waals surface area contributed by atoms with Gasteiger partial charge in [-0.15, -0.1) is 0 Å². The molecule has 0 aliphatic carbocycles. The van der Waals surface area contributed by atoms with Crippen molar-refractivity contribution < 1.29 is 18.9 Å². The first kappa shape index (κ1) is 14.9. The second-order valence-electron chi connectivity index (χ2n) is 4.33. The van der Waals surface area contributed by atoms with Gasteiger partial charge in [-0.2, -0.15) is 0 Å². The Hall–Kier alpha value is -0.200. The van der Waals surface area contributed by atoms with E-state index in [0.717, 1.165) is 39.1 Å². The first-order valence-electron chi connectivity index (χ1n) is 6.23. The van der Waals surface area contributed by atoms with Crippen LogP contribution in [0.1, 0.15) is 12.8 Å². The topological polar surface area (TPSA) is 49.0 Å². The summed E-state index contributed by atoms with van der Waals surface area (Å²) in [5.41, 5.74) is -0.114. The van der Waals surface area contributed by atoms with Gasteiger partial charge in [-0.05, 0) is 13.0 Å². The average Bonchev–Trinajstić information content (AvgIpc) is 2.82. The normalized spacial score (nSPS) is 24.4. The van der Waals surface area contributed by atoms with Gasteiger partial charge < -0.3 is 24.3 Å². The van der Waals surface area contributed by atoms with Gasteiger partial charge in [0, 0.05) is 40.4 Å². The molecular formula is C12H25NO4. The van der Waals surface area contributed by atoms with Crippen LogP contribution in [-0.4, -0.2) is 65.9 Å². The molecule has 0 radical (unpaired) electrons. The van der Waals surface area contributed by atoms with Gasteiger partial charge in [-0.1, -0.05) is 0 Å². The minimum absolute atomic E-state index is 0.114. The summed E-state index contributed by atoms with van der Waals surface area (Å²) in [6.45, 7) is 5.40. The SMILES string of the molecule is COCCOCCCNCC1(OC)CCOC1. The minimum atomic E-state index is -0.114. The molecule has 1 unspecified atom stereocenters. The van der Waals surface area contributed by atoms with E-state index in [4.69, 9.17) is 18.9 Å². The number of rotatable bonds is 10. The van der Waals surface area contributed by atoms with Crippen LogP contribution in [0.4, 0.5) is 0 Å². The van der Waals surface area contributed by atoms with Crippen LogP contribution in [0.5, 0.6) is 0 Å². The molecule has 5 nitrogen and oxygen atoms in total. The van der Waals surface area contributed by atoms with Gasteiger partial charge in [-0.25, -0.2) is 0 Å².